The van der Waals surface area contributed by atoms with Crippen LogP contribution >= 0.6 is 11.3 Å². The van der Waals surface area contributed by atoms with Gasteiger partial charge in [0.25, 0.3) is 0 Å². The molecule has 1 aromatic carbocycles. The maximum absolute atomic E-state index is 13.9. The van der Waals surface area contributed by atoms with Gasteiger partial charge in [0.05, 0.1) is 15.2 Å². The first kappa shape index (κ1) is 22.7. The number of halogens is 3. The van der Waals surface area contributed by atoms with Crippen molar-refractivity contribution in [1.29, 1.82) is 0 Å². The van der Waals surface area contributed by atoms with E-state index in [0.29, 0.717) is 10.5 Å². The molecule has 1 N–H and O–H groups in total. The number of pyridine rings is 1. The first-order chi connectivity index (χ1) is 14.5. The summed E-state index contributed by atoms with van der Waals surface area (Å²) in [5, 5.41) is 3.36. The highest BCUT2D eigenvalue weighted by Crippen LogP contribution is 2.45. The highest BCUT2D eigenvalue weighted by atomic mass is 32.1. The van der Waals surface area contributed by atoms with E-state index in [9.17, 15) is 18.0 Å². The van der Waals surface area contributed by atoms with Gasteiger partial charge in [-0.25, -0.2) is 9.97 Å². The normalized spacial score (nSPS) is 13.2. The molecular weight excluding hydrogens is 427 g/mol. The number of hydrogen-bond donors (Lipinski definition) is 1. The molecule has 9 heteroatoms. The second-order valence-corrected chi connectivity index (χ2v) is 8.40. The van der Waals surface area contributed by atoms with Gasteiger partial charge in [-0.2, -0.15) is 13.2 Å². The van der Waals surface area contributed by atoms with Crippen molar-refractivity contribution in [2.24, 2.45) is 0 Å². The second-order valence-electron chi connectivity index (χ2n) is 7.37. The van der Waals surface area contributed by atoms with E-state index in [4.69, 9.17) is 4.74 Å². The van der Waals surface area contributed by atoms with Gasteiger partial charge in [-0.3, -0.25) is 4.79 Å². The number of benzene rings is 1. The zero-order valence-electron chi connectivity index (χ0n) is 17.4. The Hall–Kier alpha value is -2.94. The number of rotatable bonds is 6. The van der Waals surface area contributed by atoms with Gasteiger partial charge in [-0.15, -0.1) is 11.3 Å². The molecule has 0 aliphatic heterocycles. The highest BCUT2D eigenvalue weighted by Gasteiger charge is 2.38. The smallest absolute Gasteiger partial charge is 0.421 e. The number of nitrogens with zero attached hydrogens (tertiary/aromatic N) is 2. The summed E-state index contributed by atoms with van der Waals surface area (Å²) < 4.78 is 47.2. The second kappa shape index (κ2) is 9.05. The van der Waals surface area contributed by atoms with Crippen molar-refractivity contribution in [3.8, 4) is 11.6 Å². The Bertz CT molecular complexity index is 1110. The Kier molecular flexibility index (Phi) is 6.64. The number of alkyl halides is 3. The van der Waals surface area contributed by atoms with Gasteiger partial charge >= 0.3 is 6.18 Å². The number of ether oxygens (including phenoxy) is 1. The lowest BCUT2D eigenvalue weighted by Crippen LogP contribution is -2.28. The van der Waals surface area contributed by atoms with Crippen LogP contribution in [-0.4, -0.2) is 21.9 Å². The first-order valence-corrected chi connectivity index (χ1v) is 10.5. The predicted molar refractivity (Wildman–Crippen MR) is 115 cm³/mol. The molecule has 31 heavy (non-hydrogen) atoms. The SMILES string of the molecule is CC(=O)N[C@@H](C)/C=C/c1ccc(Oc2ccc3nc(C(C)C)sc3c2C(F)(F)F)nc1. The van der Waals surface area contributed by atoms with Gasteiger partial charge in [0.1, 0.15) is 11.3 Å². The van der Waals surface area contributed by atoms with Crippen molar-refractivity contribution in [2.75, 3.05) is 0 Å². The summed E-state index contributed by atoms with van der Waals surface area (Å²) in [4.78, 5) is 19.5. The fourth-order valence-corrected chi connectivity index (χ4v) is 4.00. The number of nitrogens with one attached hydrogen (secondary N) is 1. The van der Waals surface area contributed by atoms with Gasteiger partial charge < -0.3 is 10.1 Å². The average molecular weight is 449 g/mol. The molecule has 0 fully saturated rings. The molecule has 2 heterocycles. The molecule has 0 unspecified atom stereocenters. The molecule has 3 rings (SSSR count). The fourth-order valence-electron chi connectivity index (χ4n) is 2.88. The molecule has 0 spiro atoms. The largest absolute Gasteiger partial charge is 0.438 e. The maximum atomic E-state index is 13.9. The van der Waals surface area contributed by atoms with Crippen LogP contribution in [0.5, 0.6) is 11.6 Å². The number of carbonyl (C=O) groups is 1. The Balaban J connectivity index is 1.87. The van der Waals surface area contributed by atoms with E-state index in [2.05, 4.69) is 15.3 Å². The summed E-state index contributed by atoms with van der Waals surface area (Å²) in [5.74, 6) is -0.379. The third-order valence-corrected chi connectivity index (χ3v) is 5.68. The fraction of sp³-hybridized carbons (Fsp3) is 0.318. The Labute approximate surface area is 182 Å². The molecule has 3 aromatic rings. The van der Waals surface area contributed by atoms with Crippen molar-refractivity contribution in [2.45, 2.75) is 45.8 Å². The zero-order valence-corrected chi connectivity index (χ0v) is 18.3. The zero-order chi connectivity index (χ0) is 22.8. The third-order valence-electron chi connectivity index (χ3n) is 4.30. The molecule has 0 saturated heterocycles. The standard InChI is InChI=1S/C22H22F3N3O2S/c1-12(2)21-28-16-8-9-17(19(20(16)31-21)22(23,24)25)30-18-10-7-15(11-26-18)6-5-13(3)27-14(4)29/h5-13H,1-4H3,(H,27,29)/b6-5+/t13-/m0/s1. The lowest BCUT2D eigenvalue weighted by atomic mass is 10.1. The molecule has 1 atom stereocenters. The van der Waals surface area contributed by atoms with Crippen molar-refractivity contribution >= 4 is 33.5 Å². The summed E-state index contributed by atoms with van der Waals surface area (Å²) in [7, 11) is 0. The van der Waals surface area contributed by atoms with Crippen LogP contribution in [0.2, 0.25) is 0 Å². The van der Waals surface area contributed by atoms with E-state index in [1.54, 1.807) is 18.2 Å². The van der Waals surface area contributed by atoms with E-state index >= 15 is 0 Å². The number of hydrogen-bond acceptors (Lipinski definition) is 5. The summed E-state index contributed by atoms with van der Waals surface area (Å²) in [6, 6.07) is 5.82. The molecule has 0 aliphatic carbocycles. The molecule has 0 saturated carbocycles. The predicted octanol–water partition coefficient (Wildman–Crippen LogP) is 6.16. The van der Waals surface area contributed by atoms with Crippen LogP contribution in [0.4, 0.5) is 13.2 Å². The molecule has 2 aromatic heterocycles. The molecule has 1 amide bonds. The van der Waals surface area contributed by atoms with Crippen molar-refractivity contribution < 1.29 is 22.7 Å². The van der Waals surface area contributed by atoms with Gasteiger partial charge in [-0.05, 0) is 30.7 Å². The molecule has 0 bridgehead atoms. The summed E-state index contributed by atoms with van der Waals surface area (Å²) >= 11 is 1.03. The Morgan fingerprint density at radius 1 is 1.19 bits per heavy atom. The van der Waals surface area contributed by atoms with E-state index < -0.39 is 11.7 Å². The number of carbonyl (C=O) groups excluding carboxylic acids is 1. The van der Waals surface area contributed by atoms with Gasteiger partial charge in [0, 0.05) is 31.1 Å². The highest BCUT2D eigenvalue weighted by molar-refractivity contribution is 7.18. The molecule has 5 nitrogen and oxygen atoms in total. The van der Waals surface area contributed by atoms with Crippen LogP contribution in [0.1, 0.15) is 49.7 Å². The third kappa shape index (κ3) is 5.61. The van der Waals surface area contributed by atoms with Crippen molar-refractivity contribution in [1.82, 2.24) is 15.3 Å². The summed E-state index contributed by atoms with van der Waals surface area (Å²) in [5.41, 5.74) is 0.180. The monoisotopic (exact) mass is 449 g/mol. The van der Waals surface area contributed by atoms with Crippen molar-refractivity contribution in [3.05, 3.63) is 52.7 Å². The van der Waals surface area contributed by atoms with Gasteiger partial charge in [0.2, 0.25) is 11.8 Å². The topological polar surface area (TPSA) is 64.1 Å². The summed E-state index contributed by atoms with van der Waals surface area (Å²) in [6.07, 6.45) is 0.430. The lowest BCUT2D eigenvalue weighted by molar-refractivity contribution is -0.137. The lowest BCUT2D eigenvalue weighted by Gasteiger charge is -2.14. The van der Waals surface area contributed by atoms with Crippen LogP contribution in [-0.2, 0) is 11.0 Å². The minimum atomic E-state index is -4.60. The first-order valence-electron chi connectivity index (χ1n) is 9.64. The van der Waals surface area contributed by atoms with E-state index in [1.165, 1.54) is 31.3 Å². The van der Waals surface area contributed by atoms with E-state index in [0.717, 1.165) is 16.9 Å². The molecular formula is C22H22F3N3O2S. The van der Waals surface area contributed by atoms with Crippen LogP contribution in [0.25, 0.3) is 16.3 Å². The summed E-state index contributed by atoms with van der Waals surface area (Å²) in [6.45, 7) is 7.03. The van der Waals surface area contributed by atoms with E-state index in [1.807, 2.05) is 20.8 Å². The molecule has 164 valence electrons. The number of fused-ring (bicyclic) bond motifs is 1. The van der Waals surface area contributed by atoms with Crippen molar-refractivity contribution in [3.63, 3.8) is 0 Å². The minimum absolute atomic E-state index is 0.0264. The average Bonchev–Trinajstić information content (AvgIpc) is 3.10. The van der Waals surface area contributed by atoms with Crippen LogP contribution in [0, 0.1) is 0 Å². The number of aromatic nitrogens is 2. The Morgan fingerprint density at radius 3 is 2.52 bits per heavy atom. The van der Waals surface area contributed by atoms with Crippen LogP contribution < -0.4 is 10.1 Å². The Morgan fingerprint density at radius 2 is 1.94 bits per heavy atom. The van der Waals surface area contributed by atoms with Crippen LogP contribution in [0.15, 0.2) is 36.5 Å². The number of thiazole rings is 1. The molecule has 0 radical (unpaired) electrons. The van der Waals surface area contributed by atoms with Crippen LogP contribution in [0.3, 0.4) is 0 Å². The number of amides is 1. The minimum Gasteiger partial charge on any atom is -0.438 e. The van der Waals surface area contributed by atoms with E-state index in [-0.39, 0.29) is 34.2 Å². The molecule has 0 aliphatic rings. The van der Waals surface area contributed by atoms with Gasteiger partial charge in [0.15, 0.2) is 0 Å². The van der Waals surface area contributed by atoms with Gasteiger partial charge in [-0.1, -0.05) is 26.0 Å². The maximum Gasteiger partial charge on any atom is 0.421 e. The quantitative estimate of drug-likeness (QED) is 0.489.